The van der Waals surface area contributed by atoms with Crippen molar-refractivity contribution < 1.29 is 4.79 Å². The summed E-state index contributed by atoms with van der Waals surface area (Å²) in [5, 5.41) is 8.11. The number of aryl methyl sites for hydroxylation is 2. The lowest BCUT2D eigenvalue weighted by atomic mass is 9.95. The average Bonchev–Trinajstić information content (AvgIpc) is 3.34. The third-order valence-corrected chi connectivity index (χ3v) is 7.73. The summed E-state index contributed by atoms with van der Waals surface area (Å²) in [7, 11) is 0. The maximum absolute atomic E-state index is 13.9. The van der Waals surface area contributed by atoms with Gasteiger partial charge in [-0.25, -0.2) is 4.99 Å². The van der Waals surface area contributed by atoms with E-state index in [1.807, 2.05) is 74.0 Å². The maximum Gasteiger partial charge on any atom is 0.271 e. The Morgan fingerprint density at radius 2 is 1.81 bits per heavy atom. The van der Waals surface area contributed by atoms with Gasteiger partial charge in [-0.3, -0.25) is 18.8 Å². The van der Waals surface area contributed by atoms with Gasteiger partial charge in [-0.2, -0.15) is 5.10 Å². The number of carbonyl (C=O) groups is 1. The van der Waals surface area contributed by atoms with Crippen LogP contribution in [-0.2, 0) is 11.3 Å². The number of benzene rings is 2. The first-order valence-electron chi connectivity index (χ1n) is 12.0. The minimum absolute atomic E-state index is 0.204. The number of carbonyl (C=O) groups excluding carboxylic acids is 1. The molecule has 9 heteroatoms. The zero-order valence-electron chi connectivity index (χ0n) is 20.9. The second-order valence-electron chi connectivity index (χ2n) is 8.85. The molecular formula is C28H26ClN5O2S. The number of amides is 1. The lowest BCUT2D eigenvalue weighted by Crippen LogP contribution is -2.40. The lowest BCUT2D eigenvalue weighted by molar-refractivity contribution is -0.113. The normalized spacial score (nSPS) is 15.5. The lowest BCUT2D eigenvalue weighted by Gasteiger charge is -2.25. The highest BCUT2D eigenvalue weighted by atomic mass is 35.5. The first kappa shape index (κ1) is 24.9. The summed E-state index contributed by atoms with van der Waals surface area (Å²) >= 11 is 7.48. The van der Waals surface area contributed by atoms with Crippen molar-refractivity contribution in [3.8, 4) is 0 Å². The van der Waals surface area contributed by atoms with E-state index in [-0.39, 0.29) is 11.5 Å². The molecule has 1 aliphatic heterocycles. The predicted octanol–water partition coefficient (Wildman–Crippen LogP) is 4.36. The standard InChI is InChI=1S/C28H26ClN5O2S/c1-5-33-18(4)22(16(2)32-33)15-23-27(36)34-25(19-11-13-20(29)14-12-19)24(17(3)30-28(34)37-23)26(35)31-21-9-7-6-8-10-21/h6-15,25H,5H2,1-4H3,(H,31,35)/b23-15-. The highest BCUT2D eigenvalue weighted by molar-refractivity contribution is 7.07. The second kappa shape index (κ2) is 9.95. The van der Waals surface area contributed by atoms with Crippen molar-refractivity contribution in [3.05, 3.63) is 113 Å². The van der Waals surface area contributed by atoms with Crippen LogP contribution in [0.15, 0.2) is 75.7 Å². The number of hydrogen-bond donors (Lipinski definition) is 1. The number of nitrogens with zero attached hydrogens (tertiary/aromatic N) is 4. The van der Waals surface area contributed by atoms with Gasteiger partial charge in [-0.05, 0) is 63.6 Å². The smallest absolute Gasteiger partial charge is 0.271 e. The first-order valence-corrected chi connectivity index (χ1v) is 13.2. The number of halogens is 1. The topological polar surface area (TPSA) is 81.3 Å². The van der Waals surface area contributed by atoms with E-state index in [1.54, 1.807) is 23.6 Å². The summed E-state index contributed by atoms with van der Waals surface area (Å²) < 4.78 is 4.07. The molecule has 0 saturated carbocycles. The van der Waals surface area contributed by atoms with Gasteiger partial charge in [0, 0.05) is 28.5 Å². The molecule has 1 atom stereocenters. The largest absolute Gasteiger partial charge is 0.322 e. The van der Waals surface area contributed by atoms with Crippen molar-refractivity contribution in [2.24, 2.45) is 4.99 Å². The Labute approximate surface area is 223 Å². The Balaban J connectivity index is 1.69. The van der Waals surface area contributed by atoms with Gasteiger partial charge in [-0.15, -0.1) is 0 Å². The average molecular weight is 532 g/mol. The van der Waals surface area contributed by atoms with Crippen LogP contribution in [-0.4, -0.2) is 20.3 Å². The van der Waals surface area contributed by atoms with Gasteiger partial charge in [-0.1, -0.05) is 53.3 Å². The monoisotopic (exact) mass is 531 g/mol. The van der Waals surface area contributed by atoms with Crippen LogP contribution in [0.25, 0.3) is 6.08 Å². The molecule has 1 aliphatic rings. The molecule has 188 valence electrons. The maximum atomic E-state index is 13.9. The minimum Gasteiger partial charge on any atom is -0.322 e. The summed E-state index contributed by atoms with van der Waals surface area (Å²) in [5.74, 6) is -0.308. The summed E-state index contributed by atoms with van der Waals surface area (Å²) in [6.45, 7) is 8.53. The number of rotatable bonds is 5. The zero-order valence-corrected chi connectivity index (χ0v) is 22.5. The summed E-state index contributed by atoms with van der Waals surface area (Å²) in [6.07, 6.45) is 1.88. The Morgan fingerprint density at radius 1 is 1.11 bits per heavy atom. The fourth-order valence-electron chi connectivity index (χ4n) is 4.65. The van der Waals surface area contributed by atoms with Crippen molar-refractivity contribution in [1.29, 1.82) is 0 Å². The fourth-order valence-corrected chi connectivity index (χ4v) is 5.81. The van der Waals surface area contributed by atoms with E-state index >= 15 is 0 Å². The Morgan fingerprint density at radius 3 is 2.46 bits per heavy atom. The third kappa shape index (κ3) is 4.58. The molecule has 4 aromatic rings. The van der Waals surface area contributed by atoms with Crippen LogP contribution >= 0.6 is 22.9 Å². The molecule has 37 heavy (non-hydrogen) atoms. The minimum atomic E-state index is -0.653. The highest BCUT2D eigenvalue weighted by Gasteiger charge is 2.32. The van der Waals surface area contributed by atoms with Crippen LogP contribution in [0.4, 0.5) is 5.69 Å². The molecule has 0 radical (unpaired) electrons. The molecular weight excluding hydrogens is 506 g/mol. The fraction of sp³-hybridized carbons (Fsp3) is 0.214. The molecule has 0 fully saturated rings. The number of aromatic nitrogens is 3. The van der Waals surface area contributed by atoms with E-state index < -0.39 is 6.04 Å². The highest BCUT2D eigenvalue weighted by Crippen LogP contribution is 2.31. The molecule has 0 spiro atoms. The van der Waals surface area contributed by atoms with E-state index in [0.29, 0.717) is 31.3 Å². The van der Waals surface area contributed by atoms with Gasteiger partial charge in [0.2, 0.25) is 0 Å². The van der Waals surface area contributed by atoms with Gasteiger partial charge >= 0.3 is 0 Å². The van der Waals surface area contributed by atoms with Gasteiger partial charge < -0.3 is 5.32 Å². The number of thiazole rings is 1. The molecule has 5 rings (SSSR count). The summed E-state index contributed by atoms with van der Waals surface area (Å²) in [6, 6.07) is 15.8. The Bertz CT molecular complexity index is 1710. The molecule has 7 nitrogen and oxygen atoms in total. The molecule has 1 unspecified atom stereocenters. The van der Waals surface area contributed by atoms with E-state index in [0.717, 1.165) is 29.1 Å². The summed E-state index contributed by atoms with van der Waals surface area (Å²) in [5.41, 5.74) is 4.99. The quantitative estimate of drug-likeness (QED) is 0.415. The van der Waals surface area contributed by atoms with Crippen molar-refractivity contribution in [2.45, 2.75) is 40.3 Å². The Hall–Kier alpha value is -3.75. The first-order chi connectivity index (χ1) is 17.8. The molecule has 0 aliphatic carbocycles. The van der Waals surface area contributed by atoms with Gasteiger partial charge in [0.25, 0.3) is 11.5 Å². The van der Waals surface area contributed by atoms with Crippen molar-refractivity contribution >= 4 is 40.6 Å². The van der Waals surface area contributed by atoms with Gasteiger partial charge in [0.15, 0.2) is 4.80 Å². The van der Waals surface area contributed by atoms with Crippen LogP contribution in [0, 0.1) is 13.8 Å². The van der Waals surface area contributed by atoms with Crippen molar-refractivity contribution in [1.82, 2.24) is 14.3 Å². The number of fused-ring (bicyclic) bond motifs is 1. The van der Waals surface area contributed by atoms with Crippen LogP contribution in [0.1, 0.15) is 42.4 Å². The van der Waals surface area contributed by atoms with Crippen LogP contribution in [0.3, 0.4) is 0 Å². The molecule has 0 bridgehead atoms. The number of nitrogens with one attached hydrogen (secondary N) is 1. The number of allylic oxidation sites excluding steroid dienone is 1. The molecule has 2 aromatic carbocycles. The van der Waals surface area contributed by atoms with Gasteiger partial charge in [0.05, 0.1) is 27.5 Å². The number of hydrogen-bond acceptors (Lipinski definition) is 5. The number of para-hydroxylation sites is 1. The van der Waals surface area contributed by atoms with Crippen molar-refractivity contribution in [3.63, 3.8) is 0 Å². The molecule has 0 saturated heterocycles. The van der Waals surface area contributed by atoms with E-state index in [1.165, 1.54) is 11.3 Å². The predicted molar refractivity (Wildman–Crippen MR) is 148 cm³/mol. The van der Waals surface area contributed by atoms with Crippen molar-refractivity contribution in [2.75, 3.05) is 5.32 Å². The van der Waals surface area contributed by atoms with E-state index in [9.17, 15) is 9.59 Å². The number of anilines is 1. The molecule has 1 amide bonds. The van der Waals surface area contributed by atoms with Gasteiger partial charge in [0.1, 0.15) is 0 Å². The zero-order chi connectivity index (χ0) is 26.3. The van der Waals surface area contributed by atoms with E-state index in [2.05, 4.69) is 10.4 Å². The molecule has 3 heterocycles. The van der Waals surface area contributed by atoms with E-state index in [4.69, 9.17) is 16.6 Å². The summed E-state index contributed by atoms with van der Waals surface area (Å²) in [4.78, 5) is 32.7. The molecule has 1 N–H and O–H groups in total. The van der Waals surface area contributed by atoms with Crippen LogP contribution in [0.2, 0.25) is 5.02 Å². The van der Waals surface area contributed by atoms with Crippen LogP contribution in [0.5, 0.6) is 0 Å². The Kier molecular flexibility index (Phi) is 6.70. The molecule has 2 aromatic heterocycles. The second-order valence-corrected chi connectivity index (χ2v) is 10.3. The SMILES string of the molecule is CCn1nc(C)c(/C=c2\sc3n(c2=O)C(c2ccc(Cl)cc2)C(C(=O)Nc2ccccc2)=C(C)N=3)c1C. The van der Waals surface area contributed by atoms with Crippen LogP contribution < -0.4 is 20.2 Å². The third-order valence-electron chi connectivity index (χ3n) is 6.50.